The number of likely N-dealkylation sites (N-methyl/N-ethyl adjacent to an activating group) is 1. The van der Waals surface area contributed by atoms with Crippen LogP contribution in [0.2, 0.25) is 5.02 Å². The number of rotatable bonds is 19. The van der Waals surface area contributed by atoms with Gasteiger partial charge < -0.3 is 39.9 Å². The first-order chi connectivity index (χ1) is 24.3. The van der Waals surface area contributed by atoms with Crippen LogP contribution in [0.3, 0.4) is 0 Å². The van der Waals surface area contributed by atoms with E-state index in [9.17, 15) is 33.6 Å². The van der Waals surface area contributed by atoms with Crippen LogP contribution < -0.4 is 4.74 Å². The monoisotopic (exact) mass is 747 g/mol. The van der Waals surface area contributed by atoms with Crippen LogP contribution in [0.4, 0.5) is 0 Å². The first-order valence-corrected chi connectivity index (χ1v) is 18.8. The molecule has 4 atom stereocenters. The summed E-state index contributed by atoms with van der Waals surface area (Å²) >= 11 is 6.54. The molecule has 51 heavy (non-hydrogen) atoms. The molecular weight excluding hydrogens is 702 g/mol. The van der Waals surface area contributed by atoms with Crippen molar-refractivity contribution in [3.63, 3.8) is 0 Å². The molecule has 0 spiro atoms. The van der Waals surface area contributed by atoms with Gasteiger partial charge in [-0.3, -0.25) is 9.78 Å². The average Bonchev–Trinajstić information content (AvgIpc) is 4.09. The van der Waals surface area contributed by atoms with Crippen molar-refractivity contribution in [2.24, 2.45) is 0 Å². The summed E-state index contributed by atoms with van der Waals surface area (Å²) in [6.07, 6.45) is 0.472. The second kappa shape index (κ2) is 16.7. The first kappa shape index (κ1) is 39.0. The fourth-order valence-corrected chi connectivity index (χ4v) is 7.21. The maximum absolute atomic E-state index is 13.5. The van der Waals surface area contributed by atoms with Crippen LogP contribution in [0.1, 0.15) is 49.7 Å². The lowest BCUT2D eigenvalue weighted by atomic mass is 9.96. The van der Waals surface area contributed by atoms with Gasteiger partial charge in [0, 0.05) is 55.7 Å². The van der Waals surface area contributed by atoms with Crippen LogP contribution in [-0.4, -0.2) is 118 Å². The SMILES string of the molecule is CN(CCCCN(C)S(=O)(=O)c1ccc(Cl)c(COC2(c3cnccc3-c3ccccc3OC3CC3)CC2)c1)C(=O)C(O)C(O)C(O)C(O)CO. The molecule has 2 aliphatic rings. The summed E-state index contributed by atoms with van der Waals surface area (Å²) in [6, 6.07) is 14.4. The highest BCUT2D eigenvalue weighted by molar-refractivity contribution is 7.89. The number of carbonyl (C=O) groups is 1. The summed E-state index contributed by atoms with van der Waals surface area (Å²) < 4.78 is 41.0. The third-order valence-electron chi connectivity index (χ3n) is 9.34. The Bertz CT molecular complexity index is 1770. The van der Waals surface area contributed by atoms with E-state index < -0.39 is 52.6 Å². The molecule has 1 amide bonds. The summed E-state index contributed by atoms with van der Waals surface area (Å²) in [5, 5.41) is 48.7. The van der Waals surface area contributed by atoms with E-state index in [0.29, 0.717) is 23.4 Å². The molecule has 1 heterocycles. The number of amides is 1. The normalized spacial score (nSPS) is 17.8. The lowest BCUT2D eigenvalue weighted by Gasteiger charge is -2.28. The molecule has 4 unspecified atom stereocenters. The number of hydrogen-bond acceptors (Lipinski definition) is 11. The van der Waals surface area contributed by atoms with Crippen LogP contribution in [-0.2, 0) is 31.8 Å². The molecule has 0 bridgehead atoms. The number of aliphatic hydroxyl groups is 5. The molecule has 15 heteroatoms. The van der Waals surface area contributed by atoms with Gasteiger partial charge >= 0.3 is 0 Å². The van der Waals surface area contributed by atoms with E-state index in [2.05, 4.69) is 4.98 Å². The molecule has 278 valence electrons. The summed E-state index contributed by atoms with van der Waals surface area (Å²) in [6.45, 7) is -0.532. The van der Waals surface area contributed by atoms with Gasteiger partial charge in [0.1, 0.15) is 24.1 Å². The van der Waals surface area contributed by atoms with Crippen LogP contribution in [0.5, 0.6) is 5.75 Å². The number of pyridine rings is 1. The maximum Gasteiger partial charge on any atom is 0.253 e. The molecule has 13 nitrogen and oxygen atoms in total. The molecule has 0 aliphatic heterocycles. The lowest BCUT2D eigenvalue weighted by molar-refractivity contribution is -0.157. The minimum absolute atomic E-state index is 0.0547. The molecule has 0 radical (unpaired) electrons. The first-order valence-electron chi connectivity index (χ1n) is 17.0. The predicted octanol–water partition coefficient (Wildman–Crippen LogP) is 2.44. The van der Waals surface area contributed by atoms with Crippen molar-refractivity contribution in [1.82, 2.24) is 14.2 Å². The zero-order valence-corrected chi connectivity index (χ0v) is 30.2. The summed E-state index contributed by atoms with van der Waals surface area (Å²) in [7, 11) is -1.07. The van der Waals surface area contributed by atoms with Gasteiger partial charge in [-0.1, -0.05) is 29.8 Å². The number of ether oxygens (including phenoxy) is 2. The number of carbonyl (C=O) groups excluding carboxylic acids is 1. The molecule has 1 aromatic heterocycles. The molecule has 2 saturated carbocycles. The van der Waals surface area contributed by atoms with E-state index in [1.54, 1.807) is 6.20 Å². The number of halogens is 1. The Labute approximate surface area is 303 Å². The molecule has 2 aliphatic carbocycles. The fourth-order valence-electron chi connectivity index (χ4n) is 5.78. The standard InChI is InChI=1S/C36H46ClN3O10S/c1-39(35(46)34(45)33(44)32(43)30(42)21-41)17-5-6-18-40(2)51(47,48)25-11-12-29(37)23(19-25)22-49-36(14-15-36)28-20-38-16-13-26(28)27-7-3-4-8-31(27)50-24-9-10-24/h3-4,7-8,11-13,16,19-20,24,30,32-34,41-45H,5-6,9-10,14-15,17-18,21-22H2,1-2H3. The third kappa shape index (κ3) is 9.25. The topological polar surface area (TPSA) is 190 Å². The Morgan fingerprint density at radius 3 is 2.39 bits per heavy atom. The average molecular weight is 748 g/mol. The van der Waals surface area contributed by atoms with E-state index in [4.69, 9.17) is 26.2 Å². The minimum Gasteiger partial charge on any atom is -0.490 e. The highest BCUT2D eigenvalue weighted by atomic mass is 35.5. The lowest BCUT2D eigenvalue weighted by Crippen LogP contribution is -2.52. The van der Waals surface area contributed by atoms with Gasteiger partial charge in [-0.05, 0) is 80.0 Å². The van der Waals surface area contributed by atoms with E-state index >= 15 is 0 Å². The maximum atomic E-state index is 13.5. The second-order valence-electron chi connectivity index (χ2n) is 13.2. The van der Waals surface area contributed by atoms with E-state index in [-0.39, 0.29) is 30.7 Å². The Hall–Kier alpha value is -3.18. The molecule has 5 rings (SSSR count). The number of aromatic nitrogens is 1. The predicted molar refractivity (Wildman–Crippen MR) is 188 cm³/mol. The van der Waals surface area contributed by atoms with E-state index in [1.165, 1.54) is 36.6 Å². The minimum atomic E-state index is -3.91. The fraction of sp³-hybridized carbons (Fsp3) is 0.500. The molecule has 2 fully saturated rings. The molecule has 0 saturated heterocycles. The summed E-state index contributed by atoms with van der Waals surface area (Å²) in [5.41, 5.74) is 2.80. The Morgan fingerprint density at radius 1 is 1.00 bits per heavy atom. The van der Waals surface area contributed by atoms with Crippen LogP contribution in [0.15, 0.2) is 65.8 Å². The zero-order valence-electron chi connectivity index (χ0n) is 28.6. The van der Waals surface area contributed by atoms with Crippen LogP contribution >= 0.6 is 11.6 Å². The van der Waals surface area contributed by atoms with Gasteiger partial charge in [0.2, 0.25) is 10.0 Å². The van der Waals surface area contributed by atoms with Gasteiger partial charge in [-0.15, -0.1) is 0 Å². The smallest absolute Gasteiger partial charge is 0.253 e. The van der Waals surface area contributed by atoms with Crippen molar-refractivity contribution >= 4 is 27.5 Å². The van der Waals surface area contributed by atoms with Crippen molar-refractivity contribution in [3.05, 3.63) is 77.1 Å². The number of aliphatic hydroxyl groups excluding tert-OH is 5. The van der Waals surface area contributed by atoms with Crippen LogP contribution in [0.25, 0.3) is 11.1 Å². The van der Waals surface area contributed by atoms with Crippen molar-refractivity contribution in [3.8, 4) is 16.9 Å². The number of unbranched alkanes of at least 4 members (excludes halogenated alkanes) is 1. The quantitative estimate of drug-likeness (QED) is 0.113. The van der Waals surface area contributed by atoms with E-state index in [0.717, 1.165) is 53.0 Å². The number of hydrogen-bond donors (Lipinski definition) is 5. The van der Waals surface area contributed by atoms with Crippen molar-refractivity contribution in [2.45, 2.75) is 86.1 Å². The van der Waals surface area contributed by atoms with Crippen molar-refractivity contribution < 1.29 is 48.2 Å². The van der Waals surface area contributed by atoms with Gasteiger partial charge in [0.05, 0.1) is 29.8 Å². The molecule has 2 aromatic carbocycles. The van der Waals surface area contributed by atoms with Gasteiger partial charge in [-0.2, -0.15) is 0 Å². The van der Waals surface area contributed by atoms with Crippen molar-refractivity contribution in [1.29, 1.82) is 0 Å². The molecule has 3 aromatic rings. The Kier molecular flexibility index (Phi) is 12.7. The van der Waals surface area contributed by atoms with Crippen LogP contribution in [0, 0.1) is 0 Å². The Morgan fingerprint density at radius 2 is 1.71 bits per heavy atom. The zero-order chi connectivity index (χ0) is 36.9. The molecular formula is C36H46ClN3O10S. The third-order valence-corrected chi connectivity index (χ3v) is 11.6. The number of para-hydroxylation sites is 1. The highest BCUT2D eigenvalue weighted by Gasteiger charge is 2.48. The summed E-state index contributed by atoms with van der Waals surface area (Å²) in [5.74, 6) is -0.0799. The highest BCUT2D eigenvalue weighted by Crippen LogP contribution is 2.53. The van der Waals surface area contributed by atoms with E-state index in [1.807, 2.05) is 36.5 Å². The summed E-state index contributed by atoms with van der Waals surface area (Å²) in [4.78, 5) is 18.1. The molecule has 5 N–H and O–H groups in total. The number of sulfonamides is 1. The number of nitrogens with zero attached hydrogens (tertiary/aromatic N) is 3. The van der Waals surface area contributed by atoms with Gasteiger partial charge in [-0.25, -0.2) is 12.7 Å². The van der Waals surface area contributed by atoms with Gasteiger partial charge in [0.25, 0.3) is 5.91 Å². The Balaban J connectivity index is 1.18. The van der Waals surface area contributed by atoms with Gasteiger partial charge in [0.15, 0.2) is 6.10 Å². The second-order valence-corrected chi connectivity index (χ2v) is 15.7. The van der Waals surface area contributed by atoms with Crippen molar-refractivity contribution in [2.75, 3.05) is 33.8 Å². The largest absolute Gasteiger partial charge is 0.490 e. The number of benzene rings is 2.